The van der Waals surface area contributed by atoms with E-state index in [-0.39, 0.29) is 11.9 Å². The number of aryl methyl sites for hydroxylation is 1. The molecule has 1 amide bonds. The second kappa shape index (κ2) is 5.14. The van der Waals surface area contributed by atoms with Gasteiger partial charge in [-0.25, -0.2) is 4.98 Å². The van der Waals surface area contributed by atoms with E-state index in [0.717, 1.165) is 29.1 Å². The standard InChI is InChI=1S/C17H14ClN3O/c18-12-5-6-13-11(9-12)4-7-14(13)20-17(22)15-10-19-16-3-1-2-8-21(15)16/h1-3,5-6,8-10,14H,4,7H2,(H,20,22). The number of pyridine rings is 1. The second-order valence-corrected chi connectivity index (χ2v) is 5.92. The van der Waals surface area contributed by atoms with Crippen LogP contribution in [-0.2, 0) is 6.42 Å². The lowest BCUT2D eigenvalue weighted by Gasteiger charge is -2.14. The summed E-state index contributed by atoms with van der Waals surface area (Å²) < 4.78 is 1.80. The van der Waals surface area contributed by atoms with Crippen molar-refractivity contribution in [2.45, 2.75) is 18.9 Å². The Morgan fingerprint density at radius 2 is 2.23 bits per heavy atom. The molecule has 4 rings (SSSR count). The molecule has 2 aromatic heterocycles. The van der Waals surface area contributed by atoms with Crippen molar-refractivity contribution in [2.75, 3.05) is 0 Å². The number of fused-ring (bicyclic) bond motifs is 2. The fourth-order valence-corrected chi connectivity index (χ4v) is 3.26. The summed E-state index contributed by atoms with van der Waals surface area (Å²) >= 11 is 6.02. The van der Waals surface area contributed by atoms with Gasteiger partial charge in [0.25, 0.3) is 5.91 Å². The van der Waals surface area contributed by atoms with Gasteiger partial charge in [0, 0.05) is 11.2 Å². The van der Waals surface area contributed by atoms with E-state index >= 15 is 0 Å². The van der Waals surface area contributed by atoms with E-state index in [2.05, 4.69) is 10.3 Å². The molecule has 0 radical (unpaired) electrons. The molecule has 0 spiro atoms. The van der Waals surface area contributed by atoms with Gasteiger partial charge >= 0.3 is 0 Å². The molecule has 0 bridgehead atoms. The van der Waals surface area contributed by atoms with Crippen molar-refractivity contribution in [3.63, 3.8) is 0 Å². The summed E-state index contributed by atoms with van der Waals surface area (Å²) in [5.74, 6) is -0.105. The monoisotopic (exact) mass is 311 g/mol. The highest BCUT2D eigenvalue weighted by atomic mass is 35.5. The van der Waals surface area contributed by atoms with Crippen LogP contribution in [0.3, 0.4) is 0 Å². The Balaban J connectivity index is 1.61. The molecule has 0 saturated heterocycles. The van der Waals surface area contributed by atoms with E-state index in [0.29, 0.717) is 5.69 Å². The highest BCUT2D eigenvalue weighted by molar-refractivity contribution is 6.30. The lowest BCUT2D eigenvalue weighted by molar-refractivity contribution is 0.0931. The maximum Gasteiger partial charge on any atom is 0.270 e. The van der Waals surface area contributed by atoms with E-state index < -0.39 is 0 Å². The molecule has 1 N–H and O–H groups in total. The number of benzene rings is 1. The Morgan fingerprint density at radius 1 is 1.32 bits per heavy atom. The molecule has 0 aliphatic heterocycles. The number of halogens is 1. The first kappa shape index (κ1) is 13.3. The maximum absolute atomic E-state index is 12.6. The number of hydrogen-bond donors (Lipinski definition) is 1. The largest absolute Gasteiger partial charge is 0.344 e. The lowest BCUT2D eigenvalue weighted by atomic mass is 10.1. The van der Waals surface area contributed by atoms with Crippen LogP contribution in [0.15, 0.2) is 48.8 Å². The number of rotatable bonds is 2. The van der Waals surface area contributed by atoms with Crippen LogP contribution in [0.25, 0.3) is 5.65 Å². The summed E-state index contributed by atoms with van der Waals surface area (Å²) in [6.45, 7) is 0. The number of imidazole rings is 1. The molecule has 0 fully saturated rings. The van der Waals surface area contributed by atoms with Crippen LogP contribution in [-0.4, -0.2) is 15.3 Å². The predicted molar refractivity (Wildman–Crippen MR) is 85.2 cm³/mol. The van der Waals surface area contributed by atoms with Crippen molar-refractivity contribution in [1.29, 1.82) is 0 Å². The zero-order valence-electron chi connectivity index (χ0n) is 11.8. The molecule has 110 valence electrons. The Hall–Kier alpha value is -2.33. The molecule has 2 heterocycles. The zero-order chi connectivity index (χ0) is 15.1. The van der Waals surface area contributed by atoms with Gasteiger partial charge in [0.15, 0.2) is 0 Å². The summed E-state index contributed by atoms with van der Waals surface area (Å²) in [5.41, 5.74) is 3.70. The van der Waals surface area contributed by atoms with Gasteiger partial charge in [-0.05, 0) is 48.2 Å². The van der Waals surface area contributed by atoms with Crippen LogP contribution in [0, 0.1) is 0 Å². The van der Waals surface area contributed by atoms with E-state index in [9.17, 15) is 4.79 Å². The number of carbonyl (C=O) groups is 1. The molecule has 1 aromatic carbocycles. The lowest BCUT2D eigenvalue weighted by Crippen LogP contribution is -2.28. The van der Waals surface area contributed by atoms with Crippen LogP contribution >= 0.6 is 11.6 Å². The smallest absolute Gasteiger partial charge is 0.270 e. The average molecular weight is 312 g/mol. The van der Waals surface area contributed by atoms with Crippen molar-refractivity contribution < 1.29 is 4.79 Å². The Labute approximate surface area is 132 Å². The molecule has 1 unspecified atom stereocenters. The van der Waals surface area contributed by atoms with Gasteiger partial charge in [0.2, 0.25) is 0 Å². The van der Waals surface area contributed by atoms with Gasteiger partial charge in [-0.1, -0.05) is 23.7 Å². The minimum absolute atomic E-state index is 0.0361. The zero-order valence-corrected chi connectivity index (χ0v) is 12.5. The summed E-state index contributed by atoms with van der Waals surface area (Å²) in [6, 6.07) is 11.6. The minimum atomic E-state index is -0.105. The van der Waals surface area contributed by atoms with Crippen molar-refractivity contribution in [3.05, 3.63) is 70.6 Å². The van der Waals surface area contributed by atoms with Crippen molar-refractivity contribution in [3.8, 4) is 0 Å². The first-order chi connectivity index (χ1) is 10.7. The van der Waals surface area contributed by atoms with Crippen molar-refractivity contribution in [2.24, 2.45) is 0 Å². The van der Waals surface area contributed by atoms with Gasteiger partial charge in [-0.3, -0.25) is 9.20 Å². The van der Waals surface area contributed by atoms with E-state index in [1.54, 1.807) is 10.6 Å². The van der Waals surface area contributed by atoms with Crippen LogP contribution in [0.1, 0.15) is 34.1 Å². The molecule has 22 heavy (non-hydrogen) atoms. The van der Waals surface area contributed by atoms with Gasteiger partial charge in [0.1, 0.15) is 11.3 Å². The predicted octanol–water partition coefficient (Wildman–Crippen LogP) is 3.41. The molecule has 5 heteroatoms. The Bertz CT molecular complexity index is 871. The summed E-state index contributed by atoms with van der Waals surface area (Å²) in [6.07, 6.45) is 5.30. The summed E-state index contributed by atoms with van der Waals surface area (Å²) in [4.78, 5) is 16.8. The number of carbonyl (C=O) groups excluding carboxylic acids is 1. The second-order valence-electron chi connectivity index (χ2n) is 5.48. The van der Waals surface area contributed by atoms with Crippen LogP contribution in [0.2, 0.25) is 5.02 Å². The molecule has 1 atom stereocenters. The highest BCUT2D eigenvalue weighted by Gasteiger charge is 2.25. The third-order valence-electron chi connectivity index (χ3n) is 4.14. The van der Waals surface area contributed by atoms with Crippen LogP contribution in [0.5, 0.6) is 0 Å². The maximum atomic E-state index is 12.6. The fraction of sp³-hybridized carbons (Fsp3) is 0.176. The van der Waals surface area contributed by atoms with Crippen molar-refractivity contribution in [1.82, 2.24) is 14.7 Å². The Kier molecular flexibility index (Phi) is 3.12. The third-order valence-corrected chi connectivity index (χ3v) is 4.37. The quantitative estimate of drug-likeness (QED) is 0.788. The normalized spacial score (nSPS) is 16.7. The van der Waals surface area contributed by atoms with Crippen molar-refractivity contribution >= 4 is 23.2 Å². The van der Waals surface area contributed by atoms with Crippen LogP contribution < -0.4 is 5.32 Å². The van der Waals surface area contributed by atoms with Gasteiger partial charge < -0.3 is 5.32 Å². The summed E-state index contributed by atoms with van der Waals surface area (Å²) in [5, 5.41) is 3.85. The van der Waals surface area contributed by atoms with E-state index in [1.807, 2.05) is 42.6 Å². The first-order valence-electron chi connectivity index (χ1n) is 7.23. The van der Waals surface area contributed by atoms with Gasteiger partial charge in [-0.15, -0.1) is 0 Å². The molecule has 4 nitrogen and oxygen atoms in total. The molecule has 1 aliphatic rings. The first-order valence-corrected chi connectivity index (χ1v) is 7.61. The van der Waals surface area contributed by atoms with Gasteiger partial charge in [0.05, 0.1) is 12.2 Å². The molecular formula is C17H14ClN3O. The molecule has 3 aromatic rings. The minimum Gasteiger partial charge on any atom is -0.344 e. The highest BCUT2D eigenvalue weighted by Crippen LogP contribution is 2.33. The Morgan fingerprint density at radius 3 is 3.14 bits per heavy atom. The topological polar surface area (TPSA) is 46.4 Å². The molecular weight excluding hydrogens is 298 g/mol. The number of amides is 1. The number of aromatic nitrogens is 2. The van der Waals surface area contributed by atoms with E-state index in [1.165, 1.54) is 5.56 Å². The SMILES string of the molecule is O=C(NC1CCc2cc(Cl)ccc21)c1cnc2ccccn12. The molecule has 0 saturated carbocycles. The van der Waals surface area contributed by atoms with Gasteiger partial charge in [-0.2, -0.15) is 0 Å². The average Bonchev–Trinajstić information content (AvgIpc) is 3.11. The third kappa shape index (κ3) is 2.16. The molecule has 1 aliphatic carbocycles. The number of nitrogens with one attached hydrogen (secondary N) is 1. The number of hydrogen-bond acceptors (Lipinski definition) is 2. The summed E-state index contributed by atoms with van der Waals surface area (Å²) in [7, 11) is 0. The van der Waals surface area contributed by atoms with E-state index in [4.69, 9.17) is 11.6 Å². The van der Waals surface area contributed by atoms with Crippen LogP contribution in [0.4, 0.5) is 0 Å². The fourth-order valence-electron chi connectivity index (χ4n) is 3.07. The number of nitrogens with zero attached hydrogens (tertiary/aromatic N) is 2.